The third kappa shape index (κ3) is 4.43. The Morgan fingerprint density at radius 3 is 2.32 bits per heavy atom. The number of hydrogen-bond donors (Lipinski definition) is 1. The fraction of sp³-hybridized carbons (Fsp3) is 0.200. The van der Waals surface area contributed by atoms with Crippen molar-refractivity contribution in [3.05, 3.63) is 95.8 Å². The van der Waals surface area contributed by atoms with Crippen LogP contribution in [0.2, 0.25) is 0 Å². The number of anilines is 1. The first-order valence-electron chi connectivity index (χ1n) is 10.1. The van der Waals surface area contributed by atoms with Gasteiger partial charge in [0.1, 0.15) is 11.6 Å². The Morgan fingerprint density at radius 1 is 1.00 bits per heavy atom. The fourth-order valence-corrected chi connectivity index (χ4v) is 3.85. The molecule has 1 N–H and O–H groups in total. The maximum Gasteiger partial charge on any atom is 0.227 e. The summed E-state index contributed by atoms with van der Waals surface area (Å²) in [5.74, 6) is -0.805. The molecule has 0 radical (unpaired) electrons. The first kappa shape index (κ1) is 20.6. The van der Waals surface area contributed by atoms with Crippen molar-refractivity contribution in [2.75, 3.05) is 18.6 Å². The van der Waals surface area contributed by atoms with E-state index in [1.807, 2.05) is 54.6 Å². The Kier molecular flexibility index (Phi) is 5.98. The lowest BCUT2D eigenvalue weighted by Gasteiger charge is -2.22. The van der Waals surface area contributed by atoms with E-state index in [1.165, 1.54) is 11.0 Å². The second-order valence-electron chi connectivity index (χ2n) is 7.48. The van der Waals surface area contributed by atoms with Crippen LogP contribution < -0.4 is 15.0 Å². The smallest absolute Gasteiger partial charge is 0.227 e. The van der Waals surface area contributed by atoms with Crippen molar-refractivity contribution in [3.8, 4) is 5.75 Å². The Hall–Kier alpha value is -3.67. The van der Waals surface area contributed by atoms with E-state index in [0.717, 1.165) is 16.9 Å². The van der Waals surface area contributed by atoms with Gasteiger partial charge in [0, 0.05) is 13.0 Å². The maximum absolute atomic E-state index is 14.2. The third-order valence-corrected chi connectivity index (χ3v) is 5.51. The summed E-state index contributed by atoms with van der Waals surface area (Å²) < 4.78 is 19.4. The van der Waals surface area contributed by atoms with Crippen molar-refractivity contribution in [3.63, 3.8) is 0 Å². The van der Waals surface area contributed by atoms with Crippen LogP contribution in [0.3, 0.4) is 0 Å². The number of amides is 2. The quantitative estimate of drug-likeness (QED) is 0.656. The fourth-order valence-electron chi connectivity index (χ4n) is 3.85. The van der Waals surface area contributed by atoms with E-state index >= 15 is 0 Å². The number of halogens is 1. The standard InChI is InChI=1S/C25H23FN2O3/c1-31-20-13-11-18(12-14-20)24(17-7-3-2-4-8-17)27-25(30)19-15-23(29)28(16-19)22-10-6-5-9-21(22)26/h2-14,19,24H,15-16H2,1H3,(H,27,30)/t19-,24+/m1/s1. The largest absolute Gasteiger partial charge is 0.497 e. The molecule has 0 aliphatic carbocycles. The van der Waals surface area contributed by atoms with Gasteiger partial charge in [-0.3, -0.25) is 9.59 Å². The van der Waals surface area contributed by atoms with Gasteiger partial charge < -0.3 is 15.0 Å². The lowest BCUT2D eigenvalue weighted by molar-refractivity contribution is -0.126. The molecule has 0 aromatic heterocycles. The lowest BCUT2D eigenvalue weighted by Crippen LogP contribution is -2.36. The van der Waals surface area contributed by atoms with E-state index in [0.29, 0.717) is 0 Å². The van der Waals surface area contributed by atoms with Gasteiger partial charge in [-0.15, -0.1) is 0 Å². The summed E-state index contributed by atoms with van der Waals surface area (Å²) in [5, 5.41) is 3.08. The highest BCUT2D eigenvalue weighted by Crippen LogP contribution is 2.29. The molecule has 1 fully saturated rings. The summed E-state index contributed by atoms with van der Waals surface area (Å²) in [5.41, 5.74) is 2.03. The summed E-state index contributed by atoms with van der Waals surface area (Å²) in [7, 11) is 1.60. The number of ether oxygens (including phenoxy) is 1. The maximum atomic E-state index is 14.2. The monoisotopic (exact) mass is 418 g/mol. The highest BCUT2D eigenvalue weighted by molar-refractivity contribution is 6.00. The zero-order valence-electron chi connectivity index (χ0n) is 17.1. The summed E-state index contributed by atoms with van der Waals surface area (Å²) in [4.78, 5) is 27.0. The van der Waals surface area contributed by atoms with Gasteiger partial charge >= 0.3 is 0 Å². The summed E-state index contributed by atoms with van der Waals surface area (Å²) in [6.45, 7) is 0.149. The average Bonchev–Trinajstić information content (AvgIpc) is 3.20. The SMILES string of the molecule is COc1ccc([C@@H](NC(=O)[C@@H]2CC(=O)N(c3ccccc3F)C2)c2ccccc2)cc1. The van der Waals surface area contributed by atoms with E-state index in [9.17, 15) is 14.0 Å². The first-order chi connectivity index (χ1) is 15.1. The van der Waals surface area contributed by atoms with Crippen molar-refractivity contribution in [1.29, 1.82) is 0 Å². The van der Waals surface area contributed by atoms with Gasteiger partial charge in [-0.25, -0.2) is 4.39 Å². The minimum atomic E-state index is -0.559. The first-order valence-corrected chi connectivity index (χ1v) is 10.1. The molecule has 3 aromatic rings. The third-order valence-electron chi connectivity index (χ3n) is 5.51. The van der Waals surface area contributed by atoms with Crippen molar-refractivity contribution in [1.82, 2.24) is 5.32 Å². The molecule has 6 heteroatoms. The van der Waals surface area contributed by atoms with E-state index < -0.39 is 11.7 Å². The van der Waals surface area contributed by atoms with Gasteiger partial charge in [-0.2, -0.15) is 0 Å². The van der Waals surface area contributed by atoms with Crippen LogP contribution >= 0.6 is 0 Å². The molecule has 4 rings (SSSR count). The van der Waals surface area contributed by atoms with Crippen LogP contribution in [-0.4, -0.2) is 25.5 Å². The number of nitrogens with one attached hydrogen (secondary N) is 1. The molecule has 158 valence electrons. The van der Waals surface area contributed by atoms with Crippen molar-refractivity contribution >= 4 is 17.5 Å². The number of hydrogen-bond acceptors (Lipinski definition) is 3. The van der Waals surface area contributed by atoms with Crippen LogP contribution in [0.5, 0.6) is 5.75 Å². The summed E-state index contributed by atoms with van der Waals surface area (Å²) >= 11 is 0. The number of benzene rings is 3. The Morgan fingerprint density at radius 2 is 1.65 bits per heavy atom. The number of para-hydroxylation sites is 1. The molecule has 1 aliphatic heterocycles. The molecule has 0 spiro atoms. The molecular weight excluding hydrogens is 395 g/mol. The molecule has 0 unspecified atom stereocenters. The minimum absolute atomic E-state index is 0.0459. The average molecular weight is 418 g/mol. The number of carbonyl (C=O) groups is 2. The number of carbonyl (C=O) groups excluding carboxylic acids is 2. The van der Waals surface area contributed by atoms with E-state index in [-0.39, 0.29) is 36.5 Å². The van der Waals surface area contributed by atoms with Crippen LogP contribution in [0, 0.1) is 11.7 Å². The number of methoxy groups -OCH3 is 1. The van der Waals surface area contributed by atoms with Crippen LogP contribution in [-0.2, 0) is 9.59 Å². The van der Waals surface area contributed by atoms with Gasteiger partial charge in [0.2, 0.25) is 11.8 Å². The van der Waals surface area contributed by atoms with Crippen LogP contribution in [0.25, 0.3) is 0 Å². The lowest BCUT2D eigenvalue weighted by atomic mass is 9.97. The van der Waals surface area contributed by atoms with Gasteiger partial charge in [-0.1, -0.05) is 54.6 Å². The normalized spacial score (nSPS) is 16.8. The number of rotatable bonds is 6. The Balaban J connectivity index is 1.55. The summed E-state index contributed by atoms with van der Waals surface area (Å²) in [6, 6.07) is 22.9. The second-order valence-corrected chi connectivity index (χ2v) is 7.48. The molecule has 3 aromatic carbocycles. The van der Waals surface area contributed by atoms with E-state index in [2.05, 4.69) is 5.32 Å². The zero-order chi connectivity index (χ0) is 21.8. The van der Waals surface area contributed by atoms with Gasteiger partial charge in [0.05, 0.1) is 24.8 Å². The molecule has 5 nitrogen and oxygen atoms in total. The van der Waals surface area contributed by atoms with Crippen molar-refractivity contribution in [2.24, 2.45) is 5.92 Å². The van der Waals surface area contributed by atoms with Crippen LogP contribution in [0.15, 0.2) is 78.9 Å². The van der Waals surface area contributed by atoms with Gasteiger partial charge in [-0.05, 0) is 35.4 Å². The number of nitrogens with zero attached hydrogens (tertiary/aromatic N) is 1. The topological polar surface area (TPSA) is 58.6 Å². The molecule has 0 bridgehead atoms. The zero-order valence-corrected chi connectivity index (χ0v) is 17.1. The second kappa shape index (κ2) is 9.00. The highest BCUT2D eigenvalue weighted by Gasteiger charge is 2.37. The summed E-state index contributed by atoms with van der Waals surface area (Å²) in [6.07, 6.45) is 0.0459. The predicted octanol–water partition coefficient (Wildman–Crippen LogP) is 4.09. The van der Waals surface area contributed by atoms with Crippen molar-refractivity contribution < 1.29 is 18.7 Å². The molecule has 2 amide bonds. The molecule has 2 atom stereocenters. The van der Waals surface area contributed by atoms with Gasteiger partial charge in [0.25, 0.3) is 0 Å². The van der Waals surface area contributed by atoms with Crippen molar-refractivity contribution in [2.45, 2.75) is 12.5 Å². The minimum Gasteiger partial charge on any atom is -0.497 e. The molecule has 0 saturated carbocycles. The van der Waals surface area contributed by atoms with Gasteiger partial charge in [0.15, 0.2) is 0 Å². The van der Waals surface area contributed by atoms with E-state index in [1.54, 1.807) is 25.3 Å². The molecular formula is C25H23FN2O3. The Bertz CT molecular complexity index is 1070. The van der Waals surface area contributed by atoms with E-state index in [4.69, 9.17) is 4.74 Å². The highest BCUT2D eigenvalue weighted by atomic mass is 19.1. The molecule has 1 heterocycles. The van der Waals surface area contributed by atoms with Crippen LogP contribution in [0.4, 0.5) is 10.1 Å². The molecule has 1 aliphatic rings. The Labute approximate surface area is 180 Å². The molecule has 1 saturated heterocycles. The van der Waals surface area contributed by atoms with Crippen LogP contribution in [0.1, 0.15) is 23.6 Å². The predicted molar refractivity (Wildman–Crippen MR) is 116 cm³/mol. The molecule has 31 heavy (non-hydrogen) atoms.